The van der Waals surface area contributed by atoms with E-state index in [1.807, 2.05) is 0 Å². The van der Waals surface area contributed by atoms with Crippen LogP contribution in [-0.2, 0) is 0 Å². The quantitative estimate of drug-likeness (QED) is 0.892. The van der Waals surface area contributed by atoms with Crippen molar-refractivity contribution in [3.63, 3.8) is 0 Å². The fourth-order valence-electron chi connectivity index (χ4n) is 2.55. The Kier molecular flexibility index (Phi) is 4.43. The Morgan fingerprint density at radius 2 is 2.47 bits per heavy atom. The Morgan fingerprint density at radius 3 is 3.12 bits per heavy atom. The first-order chi connectivity index (χ1) is 8.33. The van der Waals surface area contributed by atoms with Crippen LogP contribution in [0.15, 0.2) is 11.5 Å². The van der Waals surface area contributed by atoms with Crippen LogP contribution in [0.2, 0.25) is 0 Å². The van der Waals surface area contributed by atoms with Gasteiger partial charge in [0.2, 0.25) is 0 Å². The first kappa shape index (κ1) is 12.4. The number of nitrogens with one attached hydrogen (secondary N) is 1. The van der Waals surface area contributed by atoms with E-state index in [9.17, 15) is 5.26 Å². The molecule has 17 heavy (non-hydrogen) atoms. The number of nitriles is 1. The average Bonchev–Trinajstić information content (AvgIpc) is 2.83. The lowest BCUT2D eigenvalue weighted by Gasteiger charge is -2.31. The van der Waals surface area contributed by atoms with Gasteiger partial charge in [0.05, 0.1) is 12.0 Å². The van der Waals surface area contributed by atoms with Crippen LogP contribution in [0.5, 0.6) is 0 Å². The van der Waals surface area contributed by atoms with Crippen LogP contribution in [0, 0.1) is 23.2 Å². The van der Waals surface area contributed by atoms with E-state index in [2.05, 4.69) is 28.2 Å². The molecule has 92 valence electrons. The molecule has 3 unspecified atom stereocenters. The fraction of sp³-hybridized carbons (Fsp3) is 0.750. The number of nitrogens with zero attached hydrogens (tertiary/aromatic N) is 3. The highest BCUT2D eigenvalue weighted by molar-refractivity contribution is 7.99. The molecule has 1 aliphatic carbocycles. The first-order valence-electron chi connectivity index (χ1n) is 6.25. The second kappa shape index (κ2) is 6.06. The summed E-state index contributed by atoms with van der Waals surface area (Å²) in [6.07, 6.45) is 7.42. The van der Waals surface area contributed by atoms with Crippen LogP contribution in [0.3, 0.4) is 0 Å². The summed E-state index contributed by atoms with van der Waals surface area (Å²) in [4.78, 5) is 4.14. The molecule has 1 aromatic rings. The van der Waals surface area contributed by atoms with Gasteiger partial charge in [-0.25, -0.2) is 4.98 Å². The standard InChI is InChI=1S/C12H18N4S/c1-2-3-9-4-5-10(7-13)11(6-9)17-12-14-8-15-16-12/h8-11H,2-6H2,1H3,(H,14,15,16). The van der Waals surface area contributed by atoms with E-state index in [0.717, 1.165) is 23.9 Å². The van der Waals surface area contributed by atoms with Crippen molar-refractivity contribution in [2.75, 3.05) is 0 Å². The molecule has 0 saturated heterocycles. The highest BCUT2D eigenvalue weighted by Crippen LogP contribution is 2.39. The summed E-state index contributed by atoms with van der Waals surface area (Å²) >= 11 is 1.68. The van der Waals surface area contributed by atoms with Gasteiger partial charge in [-0.15, -0.1) is 0 Å². The molecule has 5 heteroatoms. The maximum absolute atomic E-state index is 9.20. The molecule has 0 bridgehead atoms. The molecule has 4 nitrogen and oxygen atoms in total. The van der Waals surface area contributed by atoms with Crippen LogP contribution in [0.4, 0.5) is 0 Å². The summed E-state index contributed by atoms with van der Waals surface area (Å²) in [6.45, 7) is 2.23. The number of thioether (sulfide) groups is 1. The lowest BCUT2D eigenvalue weighted by molar-refractivity contribution is 0.306. The van der Waals surface area contributed by atoms with Crippen LogP contribution in [0.1, 0.15) is 39.0 Å². The fourth-order valence-corrected chi connectivity index (χ4v) is 3.78. The Morgan fingerprint density at radius 1 is 1.59 bits per heavy atom. The number of H-pyrrole nitrogens is 1. The van der Waals surface area contributed by atoms with Crippen molar-refractivity contribution in [2.45, 2.75) is 49.4 Å². The van der Waals surface area contributed by atoms with Gasteiger partial charge in [-0.3, -0.25) is 5.10 Å². The van der Waals surface area contributed by atoms with Gasteiger partial charge < -0.3 is 0 Å². The minimum Gasteiger partial charge on any atom is -0.254 e. The van der Waals surface area contributed by atoms with Gasteiger partial charge in [0.25, 0.3) is 0 Å². The minimum absolute atomic E-state index is 0.165. The van der Waals surface area contributed by atoms with Crippen LogP contribution in [-0.4, -0.2) is 20.4 Å². The van der Waals surface area contributed by atoms with Gasteiger partial charge in [0.1, 0.15) is 6.33 Å². The topological polar surface area (TPSA) is 65.4 Å². The predicted octanol–water partition coefficient (Wildman–Crippen LogP) is 3.01. The zero-order chi connectivity index (χ0) is 12.1. The van der Waals surface area contributed by atoms with Gasteiger partial charge in [-0.05, 0) is 25.2 Å². The third-order valence-corrected chi connectivity index (χ3v) is 4.66. The third-order valence-electron chi connectivity index (χ3n) is 3.42. The molecule has 1 aromatic heterocycles. The predicted molar refractivity (Wildman–Crippen MR) is 67.4 cm³/mol. The van der Waals surface area contributed by atoms with Crippen molar-refractivity contribution in [2.24, 2.45) is 11.8 Å². The Balaban J connectivity index is 1.98. The summed E-state index contributed by atoms with van der Waals surface area (Å²) in [5, 5.41) is 17.1. The molecule has 1 N–H and O–H groups in total. The summed E-state index contributed by atoms with van der Waals surface area (Å²) in [6, 6.07) is 2.45. The van der Waals surface area contributed by atoms with Gasteiger partial charge in [-0.1, -0.05) is 31.5 Å². The van der Waals surface area contributed by atoms with Gasteiger partial charge in [0, 0.05) is 5.25 Å². The average molecular weight is 250 g/mol. The summed E-state index contributed by atoms with van der Waals surface area (Å²) in [7, 11) is 0. The molecule has 1 heterocycles. The van der Waals surface area contributed by atoms with E-state index in [4.69, 9.17) is 0 Å². The third kappa shape index (κ3) is 3.22. The molecule has 0 amide bonds. The molecule has 0 aliphatic heterocycles. The van der Waals surface area contributed by atoms with Crippen molar-refractivity contribution in [1.29, 1.82) is 5.26 Å². The number of hydrogen-bond acceptors (Lipinski definition) is 4. The molecular weight excluding hydrogens is 232 g/mol. The van der Waals surface area contributed by atoms with Gasteiger partial charge in [-0.2, -0.15) is 10.4 Å². The van der Waals surface area contributed by atoms with Crippen molar-refractivity contribution in [3.8, 4) is 6.07 Å². The van der Waals surface area contributed by atoms with Crippen molar-refractivity contribution in [1.82, 2.24) is 15.2 Å². The largest absolute Gasteiger partial charge is 0.254 e. The van der Waals surface area contributed by atoms with Gasteiger partial charge >= 0.3 is 0 Å². The highest BCUT2D eigenvalue weighted by Gasteiger charge is 2.31. The van der Waals surface area contributed by atoms with Gasteiger partial charge in [0.15, 0.2) is 5.16 Å². The molecule has 1 aliphatic rings. The van der Waals surface area contributed by atoms with E-state index in [-0.39, 0.29) is 5.92 Å². The Labute approximate surface area is 106 Å². The van der Waals surface area contributed by atoms with E-state index < -0.39 is 0 Å². The second-order valence-electron chi connectivity index (χ2n) is 4.65. The van der Waals surface area contributed by atoms with E-state index in [1.165, 1.54) is 25.6 Å². The number of aromatic nitrogens is 3. The van der Waals surface area contributed by atoms with E-state index >= 15 is 0 Å². The smallest absolute Gasteiger partial charge is 0.183 e. The van der Waals surface area contributed by atoms with Crippen molar-refractivity contribution in [3.05, 3.63) is 6.33 Å². The summed E-state index contributed by atoms with van der Waals surface area (Å²) in [5.74, 6) is 0.947. The van der Waals surface area contributed by atoms with Crippen molar-refractivity contribution < 1.29 is 0 Å². The number of hydrogen-bond donors (Lipinski definition) is 1. The summed E-state index contributed by atoms with van der Waals surface area (Å²) < 4.78 is 0. The normalized spacial score (nSPS) is 28.8. The molecule has 0 spiro atoms. The Bertz CT molecular complexity index is 370. The Hall–Kier alpha value is -1.02. The monoisotopic (exact) mass is 250 g/mol. The van der Waals surface area contributed by atoms with E-state index in [0.29, 0.717) is 5.25 Å². The molecular formula is C12H18N4S. The maximum atomic E-state index is 9.20. The molecule has 0 radical (unpaired) electrons. The zero-order valence-corrected chi connectivity index (χ0v) is 10.9. The maximum Gasteiger partial charge on any atom is 0.183 e. The summed E-state index contributed by atoms with van der Waals surface area (Å²) in [5.41, 5.74) is 0. The molecule has 1 fully saturated rings. The molecule has 2 rings (SSSR count). The van der Waals surface area contributed by atoms with E-state index in [1.54, 1.807) is 11.8 Å². The highest BCUT2D eigenvalue weighted by atomic mass is 32.2. The second-order valence-corrected chi connectivity index (χ2v) is 5.88. The SMILES string of the molecule is CCCC1CCC(C#N)C(Sc2ncn[nH]2)C1. The van der Waals surface area contributed by atoms with Crippen molar-refractivity contribution >= 4 is 11.8 Å². The number of aromatic amines is 1. The van der Waals surface area contributed by atoms with Crippen LogP contribution < -0.4 is 0 Å². The van der Waals surface area contributed by atoms with Crippen LogP contribution in [0.25, 0.3) is 0 Å². The lowest BCUT2D eigenvalue weighted by atomic mass is 9.80. The first-order valence-corrected chi connectivity index (χ1v) is 7.13. The molecule has 3 atom stereocenters. The molecule has 1 saturated carbocycles. The zero-order valence-electron chi connectivity index (χ0n) is 10.1. The lowest BCUT2D eigenvalue weighted by Crippen LogP contribution is -2.26. The molecule has 0 aromatic carbocycles. The minimum atomic E-state index is 0.165. The number of rotatable bonds is 4. The van der Waals surface area contributed by atoms with Crippen LogP contribution >= 0.6 is 11.8 Å².